The van der Waals surface area contributed by atoms with Crippen molar-refractivity contribution in [3.63, 3.8) is 0 Å². The lowest BCUT2D eigenvalue weighted by Crippen LogP contribution is -2.48. The second-order valence-corrected chi connectivity index (χ2v) is 5.19. The van der Waals surface area contributed by atoms with E-state index in [4.69, 9.17) is 0 Å². The first kappa shape index (κ1) is 12.8. The fraction of sp³-hybridized carbons (Fsp3) is 0.538. The number of carbonyl (C=O) groups excluding carboxylic acids is 1. The van der Waals surface area contributed by atoms with E-state index in [1.54, 1.807) is 31.1 Å². The number of hydrogen-bond donors (Lipinski definition) is 1. The normalized spacial score (nSPS) is 24.1. The Morgan fingerprint density at radius 1 is 1.50 bits per heavy atom. The molecular formula is C13H18N2O3. The molecule has 18 heavy (non-hydrogen) atoms. The van der Waals surface area contributed by atoms with Crippen molar-refractivity contribution in [3.05, 3.63) is 34.2 Å². The summed E-state index contributed by atoms with van der Waals surface area (Å²) in [6.45, 7) is 2.68. The van der Waals surface area contributed by atoms with Gasteiger partial charge in [0.1, 0.15) is 0 Å². The van der Waals surface area contributed by atoms with Gasteiger partial charge >= 0.3 is 0 Å². The SMILES string of the molecule is Cn1ccc(C(=O)N2CCCC(C)(O)C2)cc1=O. The average Bonchev–Trinajstić information content (AvgIpc) is 2.30. The van der Waals surface area contributed by atoms with Crippen molar-refractivity contribution in [2.45, 2.75) is 25.4 Å². The second-order valence-electron chi connectivity index (χ2n) is 5.19. The summed E-state index contributed by atoms with van der Waals surface area (Å²) >= 11 is 0. The Bertz CT molecular complexity index is 519. The van der Waals surface area contributed by atoms with Gasteiger partial charge < -0.3 is 14.6 Å². The fourth-order valence-corrected chi connectivity index (χ4v) is 2.26. The van der Waals surface area contributed by atoms with E-state index in [2.05, 4.69) is 0 Å². The molecule has 1 unspecified atom stereocenters. The van der Waals surface area contributed by atoms with Crippen LogP contribution in [0.2, 0.25) is 0 Å². The minimum atomic E-state index is -0.826. The van der Waals surface area contributed by atoms with Gasteiger partial charge in [-0.2, -0.15) is 0 Å². The van der Waals surface area contributed by atoms with Gasteiger partial charge in [-0.1, -0.05) is 0 Å². The molecule has 5 nitrogen and oxygen atoms in total. The Labute approximate surface area is 106 Å². The Balaban J connectivity index is 2.20. The maximum atomic E-state index is 12.2. The van der Waals surface area contributed by atoms with Crippen molar-refractivity contribution < 1.29 is 9.90 Å². The number of β-amino-alcohol motifs (C(OH)–C–C–N with tert-alkyl or cyclic N) is 1. The van der Waals surface area contributed by atoms with E-state index in [1.165, 1.54) is 10.6 Å². The van der Waals surface area contributed by atoms with Crippen LogP contribution in [0.3, 0.4) is 0 Å². The maximum Gasteiger partial charge on any atom is 0.254 e. The highest BCUT2D eigenvalue weighted by Crippen LogP contribution is 2.21. The van der Waals surface area contributed by atoms with Crippen LogP contribution >= 0.6 is 0 Å². The molecule has 1 fully saturated rings. The summed E-state index contributed by atoms with van der Waals surface area (Å²) < 4.78 is 1.42. The summed E-state index contributed by atoms with van der Waals surface area (Å²) in [6, 6.07) is 2.97. The minimum absolute atomic E-state index is 0.187. The molecular weight excluding hydrogens is 232 g/mol. The van der Waals surface area contributed by atoms with Gasteiger partial charge in [0.05, 0.1) is 5.60 Å². The van der Waals surface area contributed by atoms with E-state index in [1.807, 2.05) is 0 Å². The number of carbonyl (C=O) groups is 1. The summed E-state index contributed by atoms with van der Waals surface area (Å²) in [6.07, 6.45) is 3.06. The van der Waals surface area contributed by atoms with Crippen LogP contribution in [0.1, 0.15) is 30.1 Å². The van der Waals surface area contributed by atoms with Crippen molar-refractivity contribution >= 4 is 5.91 Å². The van der Waals surface area contributed by atoms with Gasteiger partial charge in [-0.05, 0) is 25.8 Å². The van der Waals surface area contributed by atoms with Gasteiger partial charge in [0.15, 0.2) is 0 Å². The van der Waals surface area contributed by atoms with Crippen LogP contribution in [0.4, 0.5) is 0 Å². The molecule has 0 saturated carbocycles. The van der Waals surface area contributed by atoms with Crippen molar-refractivity contribution in [2.75, 3.05) is 13.1 Å². The topological polar surface area (TPSA) is 62.5 Å². The van der Waals surface area contributed by atoms with E-state index in [0.717, 1.165) is 6.42 Å². The lowest BCUT2D eigenvalue weighted by Gasteiger charge is -2.36. The summed E-state index contributed by atoms with van der Waals surface area (Å²) in [5.74, 6) is -0.187. The number of aliphatic hydroxyl groups is 1. The van der Waals surface area contributed by atoms with Crippen LogP contribution in [0.5, 0.6) is 0 Å². The van der Waals surface area contributed by atoms with E-state index >= 15 is 0 Å². The zero-order valence-corrected chi connectivity index (χ0v) is 10.7. The summed E-state index contributed by atoms with van der Waals surface area (Å²) in [7, 11) is 1.64. The van der Waals surface area contributed by atoms with Gasteiger partial charge in [-0.15, -0.1) is 0 Å². The number of aromatic nitrogens is 1. The predicted octanol–water partition coefficient (Wildman–Crippen LogP) is 0.372. The first-order valence-electron chi connectivity index (χ1n) is 6.07. The third-order valence-corrected chi connectivity index (χ3v) is 3.31. The summed E-state index contributed by atoms with van der Waals surface area (Å²) in [4.78, 5) is 25.3. The third kappa shape index (κ3) is 2.61. The van der Waals surface area contributed by atoms with Gasteiger partial charge in [-0.25, -0.2) is 0 Å². The molecule has 2 rings (SSSR count). The standard InChI is InChI=1S/C13H18N2O3/c1-13(18)5-3-6-15(9-13)12(17)10-4-7-14(2)11(16)8-10/h4,7-8,18H,3,5-6,9H2,1-2H3. The zero-order chi connectivity index (χ0) is 13.3. The molecule has 0 aliphatic carbocycles. The molecule has 2 heterocycles. The molecule has 1 aliphatic rings. The molecule has 1 aromatic heterocycles. The van der Waals surface area contributed by atoms with Gasteiger partial charge in [0.2, 0.25) is 0 Å². The second kappa shape index (κ2) is 4.57. The first-order chi connectivity index (χ1) is 8.39. The maximum absolute atomic E-state index is 12.2. The molecule has 0 spiro atoms. The number of hydrogen-bond acceptors (Lipinski definition) is 3. The van der Waals surface area contributed by atoms with E-state index in [0.29, 0.717) is 25.1 Å². The molecule has 0 aromatic carbocycles. The Morgan fingerprint density at radius 3 is 2.83 bits per heavy atom. The third-order valence-electron chi connectivity index (χ3n) is 3.31. The smallest absolute Gasteiger partial charge is 0.254 e. The number of aryl methyl sites for hydroxylation is 1. The van der Waals surface area contributed by atoms with Crippen LogP contribution in [-0.4, -0.2) is 39.2 Å². The molecule has 1 atom stereocenters. The molecule has 0 bridgehead atoms. The average molecular weight is 250 g/mol. The highest BCUT2D eigenvalue weighted by Gasteiger charge is 2.31. The molecule has 1 amide bonds. The largest absolute Gasteiger partial charge is 0.388 e. The van der Waals surface area contributed by atoms with Crippen LogP contribution in [0.25, 0.3) is 0 Å². The van der Waals surface area contributed by atoms with E-state index in [9.17, 15) is 14.7 Å². The predicted molar refractivity (Wildman–Crippen MR) is 67.4 cm³/mol. The highest BCUT2D eigenvalue weighted by atomic mass is 16.3. The summed E-state index contributed by atoms with van der Waals surface area (Å²) in [5, 5.41) is 9.98. The number of rotatable bonds is 1. The van der Waals surface area contributed by atoms with Gasteiger partial charge in [0.25, 0.3) is 11.5 Å². The van der Waals surface area contributed by atoms with Crippen molar-refractivity contribution in [3.8, 4) is 0 Å². The van der Waals surface area contributed by atoms with Crippen LogP contribution in [0.15, 0.2) is 23.1 Å². The number of nitrogens with zero attached hydrogens (tertiary/aromatic N) is 2. The van der Waals surface area contributed by atoms with Crippen molar-refractivity contribution in [1.82, 2.24) is 9.47 Å². The number of pyridine rings is 1. The molecule has 1 saturated heterocycles. The van der Waals surface area contributed by atoms with Crippen molar-refractivity contribution in [2.24, 2.45) is 7.05 Å². The Morgan fingerprint density at radius 2 is 2.22 bits per heavy atom. The first-order valence-corrected chi connectivity index (χ1v) is 6.07. The molecule has 1 aromatic rings. The van der Waals surface area contributed by atoms with Gasteiger partial charge in [-0.3, -0.25) is 9.59 Å². The quantitative estimate of drug-likeness (QED) is 0.783. The zero-order valence-electron chi connectivity index (χ0n) is 10.7. The fourth-order valence-electron chi connectivity index (χ4n) is 2.26. The highest BCUT2D eigenvalue weighted by molar-refractivity contribution is 5.94. The van der Waals surface area contributed by atoms with Crippen LogP contribution in [-0.2, 0) is 7.05 Å². The lowest BCUT2D eigenvalue weighted by atomic mass is 9.95. The molecule has 1 N–H and O–H groups in total. The van der Waals surface area contributed by atoms with Crippen molar-refractivity contribution in [1.29, 1.82) is 0 Å². The number of likely N-dealkylation sites (tertiary alicyclic amines) is 1. The number of amides is 1. The summed E-state index contributed by atoms with van der Waals surface area (Å²) in [5.41, 5.74) is -0.645. The van der Waals surface area contributed by atoms with E-state index in [-0.39, 0.29) is 11.5 Å². The Hall–Kier alpha value is -1.62. The Kier molecular flexibility index (Phi) is 3.26. The number of piperidine rings is 1. The molecule has 0 radical (unpaired) electrons. The molecule has 98 valence electrons. The van der Waals surface area contributed by atoms with E-state index < -0.39 is 5.60 Å². The van der Waals surface area contributed by atoms with Crippen LogP contribution in [0, 0.1) is 0 Å². The minimum Gasteiger partial charge on any atom is -0.388 e. The lowest BCUT2D eigenvalue weighted by molar-refractivity contribution is -0.0107. The van der Waals surface area contributed by atoms with Gasteiger partial charge in [0, 0.05) is 38.0 Å². The molecule has 5 heteroatoms. The van der Waals surface area contributed by atoms with Crippen LogP contribution < -0.4 is 5.56 Å². The molecule has 1 aliphatic heterocycles. The monoisotopic (exact) mass is 250 g/mol.